The number of Topliss-reactive ketones (excluding diaryl/α,β-unsaturated/α-hetero) is 1. The molecule has 0 N–H and O–H groups in total. The molecular formula is C14H16BrFO. The predicted molar refractivity (Wildman–Crippen MR) is 69.5 cm³/mol. The molecule has 0 bridgehead atoms. The van der Waals surface area contributed by atoms with Crippen molar-refractivity contribution in [3.05, 3.63) is 34.1 Å². The van der Waals surface area contributed by atoms with Gasteiger partial charge in [-0.1, -0.05) is 27.7 Å². The third kappa shape index (κ3) is 1.75. The van der Waals surface area contributed by atoms with Gasteiger partial charge in [0.2, 0.25) is 0 Å². The van der Waals surface area contributed by atoms with Gasteiger partial charge in [0.25, 0.3) is 0 Å². The molecule has 0 heterocycles. The van der Waals surface area contributed by atoms with Crippen LogP contribution in [0.2, 0.25) is 0 Å². The minimum absolute atomic E-state index is 0.0188. The second-order valence-electron chi connectivity index (χ2n) is 5.87. The zero-order chi connectivity index (χ0) is 13.0. The first-order valence-electron chi connectivity index (χ1n) is 5.69. The molecule has 1 saturated carbocycles. The van der Waals surface area contributed by atoms with Crippen LogP contribution < -0.4 is 0 Å². The summed E-state index contributed by atoms with van der Waals surface area (Å²) in [5.41, 5.74) is 0.623. The second kappa shape index (κ2) is 3.64. The van der Waals surface area contributed by atoms with E-state index in [1.54, 1.807) is 12.1 Å². The minimum atomic E-state index is -0.337. The summed E-state index contributed by atoms with van der Waals surface area (Å²) in [4.78, 5) is 12.4. The van der Waals surface area contributed by atoms with Crippen molar-refractivity contribution >= 4 is 21.7 Å². The highest BCUT2D eigenvalue weighted by atomic mass is 79.9. The quantitative estimate of drug-likeness (QED) is 0.737. The Hall–Kier alpha value is -0.700. The fraction of sp³-hybridized carbons (Fsp3) is 0.500. The lowest BCUT2D eigenvalue weighted by Gasteiger charge is -2.03. The second-order valence-corrected chi connectivity index (χ2v) is 6.72. The lowest BCUT2D eigenvalue weighted by molar-refractivity contribution is 0.0945. The first-order valence-corrected chi connectivity index (χ1v) is 6.48. The maximum atomic E-state index is 13.1. The Bertz CT molecular complexity index is 477. The number of carbonyl (C=O) groups is 1. The molecule has 2 rings (SSSR count). The molecule has 0 amide bonds. The van der Waals surface area contributed by atoms with Gasteiger partial charge < -0.3 is 0 Å². The lowest BCUT2D eigenvalue weighted by Crippen LogP contribution is -2.07. The minimum Gasteiger partial charge on any atom is -0.294 e. The van der Waals surface area contributed by atoms with E-state index in [9.17, 15) is 9.18 Å². The summed E-state index contributed by atoms with van der Waals surface area (Å²) in [6.07, 6.45) is 0. The number of rotatable bonds is 2. The van der Waals surface area contributed by atoms with E-state index in [1.165, 1.54) is 6.07 Å². The number of carbonyl (C=O) groups excluding carboxylic acids is 1. The molecule has 0 spiro atoms. The molecule has 1 aliphatic rings. The van der Waals surface area contributed by atoms with Crippen molar-refractivity contribution in [3.8, 4) is 0 Å². The Morgan fingerprint density at radius 3 is 2.18 bits per heavy atom. The van der Waals surface area contributed by atoms with Gasteiger partial charge in [-0.25, -0.2) is 4.39 Å². The summed E-state index contributed by atoms with van der Waals surface area (Å²) < 4.78 is 13.5. The van der Waals surface area contributed by atoms with Gasteiger partial charge >= 0.3 is 0 Å². The first-order chi connectivity index (χ1) is 7.69. The van der Waals surface area contributed by atoms with E-state index in [2.05, 4.69) is 43.6 Å². The zero-order valence-corrected chi connectivity index (χ0v) is 12.1. The third-order valence-corrected chi connectivity index (χ3v) is 5.09. The molecule has 1 fully saturated rings. The van der Waals surface area contributed by atoms with E-state index >= 15 is 0 Å². The molecule has 0 radical (unpaired) electrons. The average Bonchev–Trinajstić information content (AvgIpc) is 2.61. The van der Waals surface area contributed by atoms with Crippen molar-refractivity contribution in [2.45, 2.75) is 27.7 Å². The van der Waals surface area contributed by atoms with Gasteiger partial charge in [0.05, 0.1) is 4.47 Å². The number of halogens is 2. The van der Waals surface area contributed by atoms with E-state index in [4.69, 9.17) is 0 Å². The Morgan fingerprint density at radius 2 is 1.76 bits per heavy atom. The van der Waals surface area contributed by atoms with E-state index in [1.807, 2.05) is 0 Å². The normalized spacial score (nSPS) is 21.3. The van der Waals surface area contributed by atoms with Crippen LogP contribution in [0.25, 0.3) is 0 Å². The summed E-state index contributed by atoms with van der Waals surface area (Å²) in [5, 5.41) is 0. The van der Waals surface area contributed by atoms with Gasteiger partial charge in [-0.3, -0.25) is 4.79 Å². The van der Waals surface area contributed by atoms with Crippen LogP contribution in [-0.2, 0) is 0 Å². The molecule has 0 unspecified atom stereocenters. The molecule has 17 heavy (non-hydrogen) atoms. The van der Waals surface area contributed by atoms with Gasteiger partial charge in [0.15, 0.2) is 5.78 Å². The van der Waals surface area contributed by atoms with Crippen molar-refractivity contribution < 1.29 is 9.18 Å². The van der Waals surface area contributed by atoms with Crippen molar-refractivity contribution in [1.82, 2.24) is 0 Å². The van der Waals surface area contributed by atoms with Crippen LogP contribution in [0, 0.1) is 22.6 Å². The Kier molecular flexibility index (Phi) is 2.73. The predicted octanol–water partition coefficient (Wildman–Crippen LogP) is 4.45. The zero-order valence-electron chi connectivity index (χ0n) is 10.5. The Morgan fingerprint density at radius 1 is 1.24 bits per heavy atom. The standard InChI is InChI=1S/C14H16BrFO/c1-13(2)12(14(13,3)4)11(17)8-5-6-10(16)9(15)7-8/h5-7,12H,1-4H3. The summed E-state index contributed by atoms with van der Waals surface area (Å²) in [6.45, 7) is 8.42. The highest BCUT2D eigenvalue weighted by Crippen LogP contribution is 2.69. The van der Waals surface area contributed by atoms with Gasteiger partial charge in [0, 0.05) is 11.5 Å². The van der Waals surface area contributed by atoms with E-state index in [0.717, 1.165) is 0 Å². The van der Waals surface area contributed by atoms with E-state index < -0.39 is 0 Å². The van der Waals surface area contributed by atoms with Gasteiger partial charge in [-0.05, 0) is 45.0 Å². The monoisotopic (exact) mass is 298 g/mol. The molecule has 1 nitrogen and oxygen atoms in total. The van der Waals surface area contributed by atoms with Crippen LogP contribution in [-0.4, -0.2) is 5.78 Å². The Labute approximate surface area is 110 Å². The fourth-order valence-corrected chi connectivity index (χ4v) is 3.05. The molecule has 3 heteroatoms. The first kappa shape index (κ1) is 12.7. The molecular weight excluding hydrogens is 283 g/mol. The summed E-state index contributed by atoms with van der Waals surface area (Å²) in [5.74, 6) is -0.205. The highest BCUT2D eigenvalue weighted by Gasteiger charge is 2.67. The van der Waals surface area contributed by atoms with Crippen LogP contribution in [0.5, 0.6) is 0 Å². The average molecular weight is 299 g/mol. The van der Waals surface area contributed by atoms with Crippen molar-refractivity contribution in [3.63, 3.8) is 0 Å². The van der Waals surface area contributed by atoms with Crippen LogP contribution in [0.15, 0.2) is 22.7 Å². The largest absolute Gasteiger partial charge is 0.294 e. The lowest BCUT2D eigenvalue weighted by atomic mass is 10.0. The SMILES string of the molecule is CC1(C)C(C(=O)c2ccc(F)c(Br)c2)C1(C)C. The molecule has 0 atom stereocenters. The van der Waals surface area contributed by atoms with Crippen LogP contribution in [0.4, 0.5) is 4.39 Å². The molecule has 0 aromatic heterocycles. The van der Waals surface area contributed by atoms with Gasteiger partial charge in [0.1, 0.15) is 5.82 Å². The summed E-state index contributed by atoms with van der Waals surface area (Å²) in [7, 11) is 0. The molecule has 0 saturated heterocycles. The van der Waals surface area contributed by atoms with Crippen LogP contribution in [0.3, 0.4) is 0 Å². The van der Waals surface area contributed by atoms with Gasteiger partial charge in [-0.2, -0.15) is 0 Å². The maximum Gasteiger partial charge on any atom is 0.167 e. The highest BCUT2D eigenvalue weighted by molar-refractivity contribution is 9.10. The van der Waals surface area contributed by atoms with E-state index in [-0.39, 0.29) is 28.3 Å². The summed E-state index contributed by atoms with van der Waals surface area (Å²) >= 11 is 3.11. The van der Waals surface area contributed by atoms with Crippen molar-refractivity contribution in [1.29, 1.82) is 0 Å². The van der Waals surface area contributed by atoms with Crippen LogP contribution >= 0.6 is 15.9 Å². The molecule has 1 aromatic rings. The molecule has 0 aliphatic heterocycles. The maximum absolute atomic E-state index is 13.1. The van der Waals surface area contributed by atoms with Crippen LogP contribution in [0.1, 0.15) is 38.1 Å². The third-order valence-electron chi connectivity index (χ3n) is 4.49. The fourth-order valence-electron chi connectivity index (χ4n) is 2.67. The summed E-state index contributed by atoms with van der Waals surface area (Å²) in [6, 6.07) is 4.47. The molecule has 92 valence electrons. The van der Waals surface area contributed by atoms with Gasteiger partial charge in [-0.15, -0.1) is 0 Å². The Balaban J connectivity index is 2.31. The molecule has 1 aromatic carbocycles. The smallest absolute Gasteiger partial charge is 0.167 e. The van der Waals surface area contributed by atoms with E-state index in [0.29, 0.717) is 10.0 Å². The number of hydrogen-bond acceptors (Lipinski definition) is 1. The number of benzene rings is 1. The van der Waals surface area contributed by atoms with Crippen molar-refractivity contribution in [2.75, 3.05) is 0 Å². The number of ketones is 1. The molecule has 1 aliphatic carbocycles. The number of hydrogen-bond donors (Lipinski definition) is 0. The topological polar surface area (TPSA) is 17.1 Å². The van der Waals surface area contributed by atoms with Crippen molar-refractivity contribution in [2.24, 2.45) is 16.7 Å².